The van der Waals surface area contributed by atoms with Gasteiger partial charge in [0.2, 0.25) is 0 Å². The highest BCUT2D eigenvalue weighted by Gasteiger charge is 2.23. The molecule has 0 aliphatic rings. The van der Waals surface area contributed by atoms with Crippen molar-refractivity contribution in [1.29, 1.82) is 0 Å². The van der Waals surface area contributed by atoms with Gasteiger partial charge in [0.25, 0.3) is 11.8 Å². The van der Waals surface area contributed by atoms with Gasteiger partial charge in [-0.05, 0) is 31.0 Å². The van der Waals surface area contributed by atoms with Gasteiger partial charge < -0.3 is 25.2 Å². The van der Waals surface area contributed by atoms with Gasteiger partial charge >= 0.3 is 5.97 Å². The van der Waals surface area contributed by atoms with Crippen LogP contribution in [-0.2, 0) is 20.7 Å². The summed E-state index contributed by atoms with van der Waals surface area (Å²) in [5.41, 5.74) is 1.73. The van der Waals surface area contributed by atoms with E-state index in [1.807, 2.05) is 13.8 Å². The van der Waals surface area contributed by atoms with Crippen LogP contribution in [0.1, 0.15) is 27.7 Å². The number of carbonyl (C=O) groups is 3. The summed E-state index contributed by atoms with van der Waals surface area (Å²) in [5.74, 6) is -1.54. The molecule has 9 heteroatoms. The molecule has 3 N–H and O–H groups in total. The molecule has 0 aliphatic heterocycles. The Bertz CT molecular complexity index is 877. The molecule has 28 heavy (non-hydrogen) atoms. The van der Waals surface area contributed by atoms with Gasteiger partial charge in [-0.15, -0.1) is 11.3 Å². The molecule has 1 heterocycles. The SMILES string of the molecule is CCc1c(C)sc(NC(=O)COCC(=O)O)c1C(=O)Nc1ccccc1OC. The number of carbonyl (C=O) groups excluding carboxylic acids is 2. The van der Waals surface area contributed by atoms with Crippen molar-refractivity contribution in [3.63, 3.8) is 0 Å². The molecule has 8 nitrogen and oxygen atoms in total. The number of hydrogen-bond acceptors (Lipinski definition) is 6. The van der Waals surface area contributed by atoms with Crippen LogP contribution in [-0.4, -0.2) is 43.2 Å². The molecular weight excluding hydrogens is 384 g/mol. The van der Waals surface area contributed by atoms with Crippen molar-refractivity contribution in [2.24, 2.45) is 0 Å². The lowest BCUT2D eigenvalue weighted by atomic mass is 10.1. The summed E-state index contributed by atoms with van der Waals surface area (Å²) in [5, 5.41) is 14.4. The van der Waals surface area contributed by atoms with Crippen LogP contribution in [0, 0.1) is 6.92 Å². The molecular formula is C19H22N2O6S. The summed E-state index contributed by atoms with van der Waals surface area (Å²) >= 11 is 1.29. The molecule has 0 fully saturated rings. The average Bonchev–Trinajstić information content (AvgIpc) is 2.96. The van der Waals surface area contributed by atoms with Crippen LogP contribution in [0.15, 0.2) is 24.3 Å². The number of nitrogens with one attached hydrogen (secondary N) is 2. The molecule has 1 aromatic heterocycles. The van der Waals surface area contributed by atoms with Crippen LogP contribution in [0.25, 0.3) is 0 Å². The molecule has 0 saturated carbocycles. The van der Waals surface area contributed by atoms with Crippen LogP contribution in [0.3, 0.4) is 0 Å². The Balaban J connectivity index is 2.23. The molecule has 2 rings (SSSR count). The first-order valence-corrected chi connectivity index (χ1v) is 9.35. The number of hydrogen-bond donors (Lipinski definition) is 3. The smallest absolute Gasteiger partial charge is 0.329 e. The third kappa shape index (κ3) is 5.30. The first kappa shape index (κ1) is 21.4. The Labute approximate surface area is 166 Å². The molecule has 0 spiro atoms. The summed E-state index contributed by atoms with van der Waals surface area (Å²) < 4.78 is 10.1. The summed E-state index contributed by atoms with van der Waals surface area (Å²) in [6.07, 6.45) is 0.613. The normalized spacial score (nSPS) is 10.4. The first-order chi connectivity index (χ1) is 13.4. The number of thiophene rings is 1. The van der Waals surface area contributed by atoms with Crippen LogP contribution in [0.2, 0.25) is 0 Å². The van der Waals surface area contributed by atoms with E-state index in [1.54, 1.807) is 24.3 Å². The van der Waals surface area contributed by atoms with Crippen molar-refractivity contribution in [2.45, 2.75) is 20.3 Å². The van der Waals surface area contributed by atoms with E-state index in [1.165, 1.54) is 18.4 Å². The molecule has 0 aliphatic carbocycles. The van der Waals surface area contributed by atoms with Gasteiger partial charge in [0, 0.05) is 4.88 Å². The van der Waals surface area contributed by atoms with Crippen LogP contribution >= 0.6 is 11.3 Å². The maximum absolute atomic E-state index is 13.0. The summed E-state index contributed by atoms with van der Waals surface area (Å²) in [4.78, 5) is 36.4. The zero-order chi connectivity index (χ0) is 20.7. The van der Waals surface area contributed by atoms with E-state index in [0.29, 0.717) is 28.4 Å². The number of carboxylic acids is 1. The number of anilines is 2. The minimum Gasteiger partial charge on any atom is -0.495 e. The van der Waals surface area contributed by atoms with Gasteiger partial charge in [-0.1, -0.05) is 19.1 Å². The van der Waals surface area contributed by atoms with E-state index in [9.17, 15) is 14.4 Å². The van der Waals surface area contributed by atoms with E-state index in [0.717, 1.165) is 10.4 Å². The number of amides is 2. The summed E-state index contributed by atoms with van der Waals surface area (Å²) in [6.45, 7) is 2.81. The number of aliphatic carboxylic acids is 1. The molecule has 0 atom stereocenters. The second-order valence-electron chi connectivity index (χ2n) is 5.78. The van der Waals surface area contributed by atoms with Gasteiger partial charge in [-0.3, -0.25) is 9.59 Å². The van der Waals surface area contributed by atoms with Gasteiger partial charge in [0.1, 0.15) is 24.0 Å². The minimum atomic E-state index is -1.16. The molecule has 150 valence electrons. The first-order valence-electron chi connectivity index (χ1n) is 8.53. The Morgan fingerprint density at radius 3 is 2.50 bits per heavy atom. The van der Waals surface area contributed by atoms with E-state index in [-0.39, 0.29) is 5.91 Å². The van der Waals surface area contributed by atoms with Gasteiger partial charge in [-0.25, -0.2) is 4.79 Å². The van der Waals surface area contributed by atoms with E-state index < -0.39 is 25.1 Å². The maximum atomic E-state index is 13.0. The lowest BCUT2D eigenvalue weighted by Crippen LogP contribution is -2.22. The van der Waals surface area contributed by atoms with Crippen molar-refractivity contribution in [3.05, 3.63) is 40.3 Å². The molecule has 0 bridgehead atoms. The third-order valence-corrected chi connectivity index (χ3v) is 4.92. The number of para-hydroxylation sites is 2. The summed E-state index contributed by atoms with van der Waals surface area (Å²) in [6, 6.07) is 7.03. The quantitative estimate of drug-likeness (QED) is 0.590. The van der Waals surface area contributed by atoms with Crippen LogP contribution in [0.4, 0.5) is 10.7 Å². The van der Waals surface area contributed by atoms with Gasteiger partial charge in [0.15, 0.2) is 0 Å². The molecule has 2 aromatic rings. The Hall–Kier alpha value is -2.91. The number of rotatable bonds is 9. The maximum Gasteiger partial charge on any atom is 0.329 e. The van der Waals surface area contributed by atoms with Crippen molar-refractivity contribution in [2.75, 3.05) is 31.0 Å². The molecule has 2 amide bonds. The fraction of sp³-hybridized carbons (Fsp3) is 0.316. The Morgan fingerprint density at radius 1 is 1.14 bits per heavy atom. The highest BCUT2D eigenvalue weighted by Crippen LogP contribution is 2.35. The van der Waals surface area contributed by atoms with Crippen LogP contribution < -0.4 is 15.4 Å². The number of methoxy groups -OCH3 is 1. The number of benzene rings is 1. The Kier molecular flexibility index (Phi) is 7.53. The zero-order valence-electron chi connectivity index (χ0n) is 15.8. The molecule has 0 radical (unpaired) electrons. The highest BCUT2D eigenvalue weighted by molar-refractivity contribution is 7.16. The molecule has 0 unspecified atom stereocenters. The van der Waals surface area contributed by atoms with E-state index in [2.05, 4.69) is 10.6 Å². The highest BCUT2D eigenvalue weighted by atomic mass is 32.1. The predicted octanol–water partition coefficient (Wildman–Crippen LogP) is 2.92. The second-order valence-corrected chi connectivity index (χ2v) is 7.01. The van der Waals surface area contributed by atoms with Crippen molar-refractivity contribution in [1.82, 2.24) is 0 Å². The van der Waals surface area contributed by atoms with Crippen LogP contribution in [0.5, 0.6) is 5.75 Å². The topological polar surface area (TPSA) is 114 Å². The fourth-order valence-corrected chi connectivity index (χ4v) is 3.82. The van der Waals surface area contributed by atoms with Crippen molar-refractivity contribution >= 4 is 39.8 Å². The Morgan fingerprint density at radius 2 is 1.86 bits per heavy atom. The fourth-order valence-electron chi connectivity index (χ4n) is 2.66. The van der Waals surface area contributed by atoms with Gasteiger partial charge in [0.05, 0.1) is 18.4 Å². The minimum absolute atomic E-state index is 0.368. The molecule has 1 aromatic carbocycles. The number of carboxylic acid groups (broad SMARTS) is 1. The largest absolute Gasteiger partial charge is 0.495 e. The predicted molar refractivity (Wildman–Crippen MR) is 106 cm³/mol. The molecule has 0 saturated heterocycles. The monoisotopic (exact) mass is 406 g/mol. The lowest BCUT2D eigenvalue weighted by molar-refractivity contribution is -0.143. The van der Waals surface area contributed by atoms with E-state index in [4.69, 9.17) is 14.6 Å². The van der Waals surface area contributed by atoms with E-state index >= 15 is 0 Å². The van der Waals surface area contributed by atoms with Crippen molar-refractivity contribution in [3.8, 4) is 5.75 Å². The second kappa shape index (κ2) is 9.86. The third-order valence-electron chi connectivity index (χ3n) is 3.86. The number of ether oxygens (including phenoxy) is 2. The summed E-state index contributed by atoms with van der Waals surface area (Å²) in [7, 11) is 1.51. The lowest BCUT2D eigenvalue weighted by Gasteiger charge is -2.12. The average molecular weight is 406 g/mol. The van der Waals surface area contributed by atoms with Gasteiger partial charge in [-0.2, -0.15) is 0 Å². The van der Waals surface area contributed by atoms with Crippen molar-refractivity contribution < 1.29 is 29.0 Å². The standard InChI is InChI=1S/C19H22N2O6S/c1-4-12-11(2)28-19(21-15(22)9-27-10-16(23)24)17(12)18(25)20-13-7-5-6-8-14(13)26-3/h5-8H,4,9-10H2,1-3H3,(H,20,25)(H,21,22)(H,23,24). The zero-order valence-corrected chi connectivity index (χ0v) is 16.6. The number of aryl methyl sites for hydroxylation is 1.